The molecule has 0 atom stereocenters. The highest BCUT2D eigenvalue weighted by Gasteiger charge is 2.41. The molecule has 0 N–H and O–H groups in total. The van der Waals surface area contributed by atoms with Gasteiger partial charge in [-0.05, 0) is 56.7 Å². The molecule has 2 heterocycles. The van der Waals surface area contributed by atoms with Crippen LogP contribution in [0.15, 0.2) is 78.0 Å². The summed E-state index contributed by atoms with van der Waals surface area (Å²) in [5.41, 5.74) is 0.425. The smallest absolute Gasteiger partial charge is 0.285 e. The first-order valence-electron chi connectivity index (χ1n) is 12.9. The molecule has 1 aliphatic heterocycles. The van der Waals surface area contributed by atoms with Crippen LogP contribution in [0.25, 0.3) is 0 Å². The zero-order valence-electron chi connectivity index (χ0n) is 23.5. The molecule has 0 aliphatic carbocycles. The van der Waals surface area contributed by atoms with Crippen molar-refractivity contribution in [3.8, 4) is 5.75 Å². The van der Waals surface area contributed by atoms with Crippen molar-refractivity contribution in [3.05, 3.63) is 105 Å². The molecule has 3 aromatic rings. The van der Waals surface area contributed by atoms with Crippen LogP contribution in [-0.2, 0) is 6.54 Å². The van der Waals surface area contributed by atoms with Crippen molar-refractivity contribution >= 4 is 41.5 Å². The van der Waals surface area contributed by atoms with Gasteiger partial charge < -0.3 is 9.64 Å². The number of benzene rings is 2. The van der Waals surface area contributed by atoms with Gasteiger partial charge in [-0.15, -0.1) is 0 Å². The van der Waals surface area contributed by atoms with Gasteiger partial charge in [0.1, 0.15) is 16.0 Å². The maximum Gasteiger partial charge on any atom is 0.285 e. The zero-order valence-corrected chi connectivity index (χ0v) is 25.1. The molecule has 2 amide bonds. The van der Waals surface area contributed by atoms with E-state index < -0.39 is 22.4 Å². The second kappa shape index (κ2) is 13.1. The monoisotopic (exact) mass is 611 g/mol. The van der Waals surface area contributed by atoms with E-state index in [-0.39, 0.29) is 24.6 Å². The van der Waals surface area contributed by atoms with Crippen LogP contribution in [0, 0.1) is 10.1 Å². The molecule has 220 valence electrons. The molecule has 12 nitrogen and oxygen atoms in total. The third kappa shape index (κ3) is 7.09. The number of amides is 2. The molecule has 0 saturated carbocycles. The Kier molecular flexibility index (Phi) is 9.53. The van der Waals surface area contributed by atoms with Crippen LogP contribution in [0.4, 0.5) is 0 Å². The summed E-state index contributed by atoms with van der Waals surface area (Å²) in [6, 6.07) is 18.6. The van der Waals surface area contributed by atoms with Gasteiger partial charge in [0.2, 0.25) is 0 Å². The fourth-order valence-corrected chi connectivity index (χ4v) is 5.51. The van der Waals surface area contributed by atoms with E-state index in [4.69, 9.17) is 16.3 Å². The normalized spacial score (nSPS) is 14.2. The molecule has 0 bridgehead atoms. The Hall–Kier alpha value is -4.36. The molecule has 0 unspecified atom stereocenters. The lowest BCUT2D eigenvalue weighted by Crippen LogP contribution is -2.56. The first-order valence-corrected chi connectivity index (χ1v) is 14.0. The average molecular weight is 612 g/mol. The first kappa shape index (κ1) is 30.6. The Morgan fingerprint density at radius 2 is 1.76 bits per heavy atom. The van der Waals surface area contributed by atoms with Crippen molar-refractivity contribution in [1.29, 1.82) is 0 Å². The second-order valence-corrected chi connectivity index (χ2v) is 11.5. The molecule has 0 radical (unpaired) electrons. The average Bonchev–Trinajstić information content (AvgIpc) is 3.32. The molecule has 1 saturated heterocycles. The molecule has 1 aliphatic rings. The summed E-state index contributed by atoms with van der Waals surface area (Å²) in [7, 11) is 1.46. The van der Waals surface area contributed by atoms with E-state index >= 15 is 0 Å². The number of hydrazine groups is 1. The predicted octanol–water partition coefficient (Wildman–Crippen LogP) is 4.97. The van der Waals surface area contributed by atoms with Crippen LogP contribution in [0.5, 0.6) is 5.75 Å². The molecule has 42 heavy (non-hydrogen) atoms. The zero-order chi connectivity index (χ0) is 30.4. The fourth-order valence-electron chi connectivity index (χ4n) is 4.25. The molecule has 4 rings (SSSR count). The Morgan fingerprint density at radius 1 is 1.07 bits per heavy atom. The van der Waals surface area contributed by atoms with Crippen molar-refractivity contribution in [2.45, 2.75) is 32.9 Å². The number of hydrogen-bond acceptors (Lipinski definition) is 7. The highest BCUT2D eigenvalue weighted by atomic mass is 35.5. The fraction of sp³-hybridized carbons (Fsp3) is 0.286. The van der Waals surface area contributed by atoms with Crippen molar-refractivity contribution in [2.75, 3.05) is 20.2 Å². The van der Waals surface area contributed by atoms with Crippen LogP contribution in [0.2, 0.25) is 5.15 Å². The number of carbonyl (C=O) groups excluding carboxylic acids is 2. The number of guanidine groups is 1. The van der Waals surface area contributed by atoms with Crippen molar-refractivity contribution in [3.63, 3.8) is 0 Å². The minimum atomic E-state index is -0.913. The standard InChI is InChI=1S/C28H30ClN7O5S/c1-28(2,3)34(26(38)22-12-8-9-13-23(22)41-4)35(25(37)21-10-6-5-7-11-21)42-33-17-16-32(27(33)31-36(39)40)19-20-14-15-24(29)30-18-20/h5-15,18H,16-17,19H2,1-4H3/b31-27-. The van der Waals surface area contributed by atoms with Gasteiger partial charge in [-0.25, -0.2) is 20.1 Å². The number of nitrogens with zero attached hydrogens (tertiary/aromatic N) is 7. The number of pyridine rings is 1. The van der Waals surface area contributed by atoms with Gasteiger partial charge in [0.05, 0.1) is 36.9 Å². The van der Waals surface area contributed by atoms with Gasteiger partial charge in [0.25, 0.3) is 17.8 Å². The molecule has 14 heteroatoms. The number of methoxy groups -OCH3 is 1. The lowest BCUT2D eigenvalue weighted by atomic mass is 10.1. The summed E-state index contributed by atoms with van der Waals surface area (Å²) in [6.07, 6.45) is 1.58. The predicted molar refractivity (Wildman–Crippen MR) is 160 cm³/mol. The van der Waals surface area contributed by atoms with Gasteiger partial charge >= 0.3 is 0 Å². The van der Waals surface area contributed by atoms with Crippen LogP contribution in [-0.4, -0.2) is 72.2 Å². The summed E-state index contributed by atoms with van der Waals surface area (Å²) < 4.78 is 8.20. The molecule has 0 spiro atoms. The van der Waals surface area contributed by atoms with Gasteiger partial charge in [-0.3, -0.25) is 13.9 Å². The van der Waals surface area contributed by atoms with Gasteiger partial charge in [0, 0.05) is 24.8 Å². The SMILES string of the molecule is COc1ccccc1C(=O)N(N(SN1CCN(Cc2ccc(Cl)nc2)/C1=N/[N+](=O)[O-])C(=O)c1ccccc1)C(C)(C)C. The maximum atomic E-state index is 14.2. The molecule has 1 aromatic heterocycles. The summed E-state index contributed by atoms with van der Waals surface area (Å²) in [5.74, 6) is -0.634. The van der Waals surface area contributed by atoms with Gasteiger partial charge in [-0.1, -0.05) is 48.0 Å². The molecule has 2 aromatic carbocycles. The van der Waals surface area contributed by atoms with E-state index in [1.165, 1.54) is 20.8 Å². The summed E-state index contributed by atoms with van der Waals surface area (Å²) in [4.78, 5) is 45.7. The highest BCUT2D eigenvalue weighted by Crippen LogP contribution is 2.33. The number of ether oxygens (including phenoxy) is 1. The first-order chi connectivity index (χ1) is 20.0. The lowest BCUT2D eigenvalue weighted by Gasteiger charge is -2.43. The van der Waals surface area contributed by atoms with E-state index in [0.29, 0.717) is 23.0 Å². The lowest BCUT2D eigenvalue weighted by molar-refractivity contribution is -0.486. The molecular weight excluding hydrogens is 582 g/mol. The summed E-state index contributed by atoms with van der Waals surface area (Å²) in [5, 5.41) is 16.1. The number of carbonyl (C=O) groups is 2. The largest absolute Gasteiger partial charge is 0.496 e. The Bertz CT molecular complexity index is 1470. The number of nitro groups is 1. The van der Waals surface area contributed by atoms with E-state index in [1.807, 2.05) is 0 Å². The van der Waals surface area contributed by atoms with E-state index in [0.717, 1.165) is 17.7 Å². The Labute approximate surface area is 252 Å². The van der Waals surface area contributed by atoms with Gasteiger partial charge in [0.15, 0.2) is 5.03 Å². The van der Waals surface area contributed by atoms with Crippen LogP contribution in [0.1, 0.15) is 47.1 Å². The highest BCUT2D eigenvalue weighted by molar-refractivity contribution is 7.95. The van der Waals surface area contributed by atoms with E-state index in [2.05, 4.69) is 10.1 Å². The number of para-hydroxylation sites is 1. The van der Waals surface area contributed by atoms with E-state index in [1.54, 1.807) is 98.6 Å². The number of halogens is 1. The quantitative estimate of drug-likeness (QED) is 0.150. The summed E-state index contributed by atoms with van der Waals surface area (Å²) >= 11 is 6.78. The molecule has 1 fully saturated rings. The van der Waals surface area contributed by atoms with Crippen LogP contribution < -0.4 is 4.74 Å². The number of hydrazone groups is 1. The third-order valence-corrected chi connectivity index (χ3v) is 7.38. The Morgan fingerprint density at radius 3 is 2.38 bits per heavy atom. The topological polar surface area (TPSA) is 125 Å². The van der Waals surface area contributed by atoms with E-state index in [9.17, 15) is 19.7 Å². The minimum Gasteiger partial charge on any atom is -0.496 e. The second-order valence-electron chi connectivity index (χ2n) is 10.2. The third-order valence-electron chi connectivity index (χ3n) is 6.13. The Balaban J connectivity index is 1.75. The molecular formula is C28H30ClN7O5S. The van der Waals surface area contributed by atoms with Crippen molar-refractivity contribution < 1.29 is 19.4 Å². The van der Waals surface area contributed by atoms with Crippen LogP contribution >= 0.6 is 23.7 Å². The van der Waals surface area contributed by atoms with Crippen LogP contribution in [0.3, 0.4) is 0 Å². The van der Waals surface area contributed by atoms with Crippen molar-refractivity contribution in [2.24, 2.45) is 5.10 Å². The maximum absolute atomic E-state index is 14.2. The van der Waals surface area contributed by atoms with Crippen molar-refractivity contribution in [1.82, 2.24) is 23.6 Å². The summed E-state index contributed by atoms with van der Waals surface area (Å²) in [6.45, 7) is 6.29. The number of rotatable bonds is 8. The number of hydrogen-bond donors (Lipinski definition) is 0. The minimum absolute atomic E-state index is 0.0180. The number of aromatic nitrogens is 1. The van der Waals surface area contributed by atoms with Gasteiger partial charge in [-0.2, -0.15) is 4.41 Å².